The van der Waals surface area contributed by atoms with Crippen LogP contribution in [0.3, 0.4) is 0 Å². The average molecular weight is 253 g/mol. The molecule has 2 aliphatic rings. The van der Waals surface area contributed by atoms with Crippen LogP contribution in [0.1, 0.15) is 71.1 Å². The SMILES string of the molecule is CCC1CCC(CNC)(OC2CCCCC2)CC1. The molecular weight excluding hydrogens is 222 g/mol. The summed E-state index contributed by atoms with van der Waals surface area (Å²) in [5.41, 5.74) is 0.155. The van der Waals surface area contributed by atoms with E-state index in [2.05, 4.69) is 19.3 Å². The van der Waals surface area contributed by atoms with Gasteiger partial charge in [-0.25, -0.2) is 0 Å². The molecule has 2 fully saturated rings. The molecule has 0 aromatic rings. The van der Waals surface area contributed by atoms with Crippen LogP contribution in [0.2, 0.25) is 0 Å². The summed E-state index contributed by atoms with van der Waals surface area (Å²) in [4.78, 5) is 0. The van der Waals surface area contributed by atoms with E-state index in [0.29, 0.717) is 6.10 Å². The van der Waals surface area contributed by atoms with Gasteiger partial charge in [0.15, 0.2) is 0 Å². The summed E-state index contributed by atoms with van der Waals surface area (Å²) >= 11 is 0. The van der Waals surface area contributed by atoms with Gasteiger partial charge >= 0.3 is 0 Å². The Morgan fingerprint density at radius 1 is 1.06 bits per heavy atom. The monoisotopic (exact) mass is 253 g/mol. The van der Waals surface area contributed by atoms with E-state index in [1.54, 1.807) is 0 Å². The van der Waals surface area contributed by atoms with Crippen molar-refractivity contribution in [3.8, 4) is 0 Å². The highest BCUT2D eigenvalue weighted by atomic mass is 16.5. The molecule has 0 radical (unpaired) electrons. The molecule has 0 heterocycles. The summed E-state index contributed by atoms with van der Waals surface area (Å²) in [6.07, 6.45) is 13.9. The first kappa shape index (κ1) is 14.3. The molecule has 0 aliphatic heterocycles. The Balaban J connectivity index is 1.89. The fourth-order valence-electron chi connectivity index (χ4n) is 3.81. The van der Waals surface area contributed by atoms with Gasteiger partial charge in [-0.2, -0.15) is 0 Å². The molecule has 0 amide bonds. The minimum atomic E-state index is 0.155. The molecule has 0 unspecified atom stereocenters. The first-order valence-corrected chi connectivity index (χ1v) is 8.10. The molecule has 0 aromatic heterocycles. The topological polar surface area (TPSA) is 21.3 Å². The van der Waals surface area contributed by atoms with Gasteiger partial charge in [0.1, 0.15) is 0 Å². The molecule has 0 aromatic carbocycles. The van der Waals surface area contributed by atoms with Gasteiger partial charge in [-0.05, 0) is 51.5 Å². The summed E-state index contributed by atoms with van der Waals surface area (Å²) in [5.74, 6) is 0.949. The van der Waals surface area contributed by atoms with Gasteiger partial charge in [0, 0.05) is 6.54 Å². The third-order valence-electron chi connectivity index (χ3n) is 5.06. The second-order valence-electron chi connectivity index (χ2n) is 6.44. The number of ether oxygens (including phenoxy) is 1. The van der Waals surface area contributed by atoms with Crippen LogP contribution in [0.15, 0.2) is 0 Å². The number of hydrogen-bond donors (Lipinski definition) is 1. The van der Waals surface area contributed by atoms with Gasteiger partial charge in [-0.15, -0.1) is 0 Å². The Hall–Kier alpha value is -0.0800. The Labute approximate surface area is 113 Å². The third-order valence-corrected chi connectivity index (χ3v) is 5.06. The highest BCUT2D eigenvalue weighted by Crippen LogP contribution is 2.38. The zero-order valence-corrected chi connectivity index (χ0v) is 12.3. The fraction of sp³-hybridized carbons (Fsp3) is 1.00. The van der Waals surface area contributed by atoms with Gasteiger partial charge in [0.05, 0.1) is 11.7 Å². The van der Waals surface area contributed by atoms with Crippen LogP contribution in [0.4, 0.5) is 0 Å². The molecular formula is C16H31NO. The van der Waals surface area contributed by atoms with Crippen molar-refractivity contribution in [2.45, 2.75) is 82.8 Å². The smallest absolute Gasteiger partial charge is 0.0810 e. The lowest BCUT2D eigenvalue weighted by Gasteiger charge is -2.43. The van der Waals surface area contributed by atoms with Crippen molar-refractivity contribution in [1.29, 1.82) is 0 Å². The van der Waals surface area contributed by atoms with Crippen molar-refractivity contribution in [2.24, 2.45) is 5.92 Å². The van der Waals surface area contributed by atoms with Gasteiger partial charge in [0.2, 0.25) is 0 Å². The number of hydrogen-bond acceptors (Lipinski definition) is 2. The predicted molar refractivity (Wildman–Crippen MR) is 76.9 cm³/mol. The van der Waals surface area contributed by atoms with Gasteiger partial charge in [-0.3, -0.25) is 0 Å². The summed E-state index contributed by atoms with van der Waals surface area (Å²) in [7, 11) is 2.07. The zero-order valence-electron chi connectivity index (χ0n) is 12.3. The minimum absolute atomic E-state index is 0.155. The maximum Gasteiger partial charge on any atom is 0.0810 e. The average Bonchev–Trinajstić information content (AvgIpc) is 2.41. The van der Waals surface area contributed by atoms with Crippen molar-refractivity contribution >= 4 is 0 Å². The highest BCUT2D eigenvalue weighted by molar-refractivity contribution is 4.90. The third kappa shape index (κ3) is 3.71. The van der Waals surface area contributed by atoms with Crippen molar-refractivity contribution in [2.75, 3.05) is 13.6 Å². The number of rotatable bonds is 5. The lowest BCUT2D eigenvalue weighted by Crippen LogP contribution is -2.47. The summed E-state index contributed by atoms with van der Waals surface area (Å²) in [5, 5.41) is 3.38. The molecule has 0 spiro atoms. The van der Waals surface area contributed by atoms with E-state index >= 15 is 0 Å². The maximum atomic E-state index is 6.59. The van der Waals surface area contributed by atoms with Gasteiger partial charge in [-0.1, -0.05) is 32.6 Å². The minimum Gasteiger partial charge on any atom is -0.370 e. The zero-order chi connectivity index (χ0) is 12.8. The standard InChI is InChI=1S/C16H31NO/c1-3-14-9-11-16(12-10-14,13-17-2)18-15-7-5-4-6-8-15/h14-15,17H,3-13H2,1-2H3. The van der Waals surface area contributed by atoms with Crippen molar-refractivity contribution in [3.63, 3.8) is 0 Å². The van der Waals surface area contributed by atoms with Crippen molar-refractivity contribution in [1.82, 2.24) is 5.32 Å². The molecule has 106 valence electrons. The lowest BCUT2D eigenvalue weighted by atomic mass is 9.77. The Kier molecular flexibility index (Phi) is 5.50. The van der Waals surface area contributed by atoms with Crippen molar-refractivity contribution < 1.29 is 4.74 Å². The van der Waals surface area contributed by atoms with Crippen LogP contribution in [0, 0.1) is 5.92 Å². The molecule has 2 nitrogen and oxygen atoms in total. The summed E-state index contributed by atoms with van der Waals surface area (Å²) < 4.78 is 6.59. The second kappa shape index (κ2) is 6.91. The van der Waals surface area contributed by atoms with Crippen LogP contribution in [0.25, 0.3) is 0 Å². The Morgan fingerprint density at radius 2 is 1.72 bits per heavy atom. The number of likely N-dealkylation sites (N-methyl/N-ethyl adjacent to an activating group) is 1. The van der Waals surface area contributed by atoms with Crippen LogP contribution < -0.4 is 5.32 Å². The molecule has 0 saturated heterocycles. The first-order chi connectivity index (χ1) is 8.78. The van der Waals surface area contributed by atoms with Gasteiger partial charge < -0.3 is 10.1 Å². The normalized spacial score (nSPS) is 34.7. The predicted octanol–water partition coefficient (Wildman–Crippen LogP) is 3.89. The second-order valence-corrected chi connectivity index (χ2v) is 6.44. The maximum absolute atomic E-state index is 6.59. The molecule has 0 bridgehead atoms. The molecule has 2 aliphatic carbocycles. The van der Waals surface area contributed by atoms with E-state index in [1.807, 2.05) is 0 Å². The van der Waals surface area contributed by atoms with E-state index in [1.165, 1.54) is 64.2 Å². The molecule has 2 heteroatoms. The van der Waals surface area contributed by atoms with E-state index in [9.17, 15) is 0 Å². The van der Waals surface area contributed by atoms with Gasteiger partial charge in [0.25, 0.3) is 0 Å². The first-order valence-electron chi connectivity index (χ1n) is 8.10. The van der Waals surface area contributed by atoms with E-state index in [-0.39, 0.29) is 5.60 Å². The number of nitrogens with one attached hydrogen (secondary N) is 1. The quantitative estimate of drug-likeness (QED) is 0.802. The van der Waals surface area contributed by atoms with E-state index < -0.39 is 0 Å². The molecule has 2 rings (SSSR count). The summed E-state index contributed by atoms with van der Waals surface area (Å²) in [6.45, 7) is 3.37. The lowest BCUT2D eigenvalue weighted by molar-refractivity contribution is -0.126. The van der Waals surface area contributed by atoms with E-state index in [0.717, 1.165) is 12.5 Å². The molecule has 2 saturated carbocycles. The highest BCUT2D eigenvalue weighted by Gasteiger charge is 2.37. The van der Waals surface area contributed by atoms with E-state index in [4.69, 9.17) is 4.74 Å². The van der Waals surface area contributed by atoms with Crippen LogP contribution in [-0.4, -0.2) is 25.3 Å². The van der Waals surface area contributed by atoms with Crippen molar-refractivity contribution in [3.05, 3.63) is 0 Å². The van der Waals surface area contributed by atoms with Crippen LogP contribution in [0.5, 0.6) is 0 Å². The van der Waals surface area contributed by atoms with Crippen LogP contribution >= 0.6 is 0 Å². The fourth-order valence-corrected chi connectivity index (χ4v) is 3.81. The molecule has 0 atom stereocenters. The molecule has 18 heavy (non-hydrogen) atoms. The largest absolute Gasteiger partial charge is 0.370 e. The Morgan fingerprint density at radius 3 is 2.28 bits per heavy atom. The molecule has 1 N–H and O–H groups in total. The van der Waals surface area contributed by atoms with Crippen LogP contribution in [-0.2, 0) is 4.74 Å². The Bertz CT molecular complexity index is 227. The summed E-state index contributed by atoms with van der Waals surface area (Å²) in [6, 6.07) is 0.